The number of hydrogen-bond donors (Lipinski definition) is 0. The second-order valence-electron chi connectivity index (χ2n) is 7.46. The molecule has 0 bridgehead atoms. The molecule has 32 heavy (non-hydrogen) atoms. The number of hydrogen-bond acceptors (Lipinski definition) is 7. The summed E-state index contributed by atoms with van der Waals surface area (Å²) < 4.78 is 15.5. The largest absolute Gasteiger partial charge is 0.495 e. The molecule has 0 fully saturated rings. The van der Waals surface area contributed by atoms with Crippen LogP contribution >= 0.6 is 0 Å². The van der Waals surface area contributed by atoms with E-state index in [0.29, 0.717) is 28.2 Å². The fraction of sp³-hybridized carbons (Fsp3) is 0.280. The second kappa shape index (κ2) is 9.60. The fourth-order valence-electron chi connectivity index (χ4n) is 3.66. The third kappa shape index (κ3) is 4.61. The van der Waals surface area contributed by atoms with Crippen molar-refractivity contribution in [2.45, 2.75) is 20.3 Å². The van der Waals surface area contributed by atoms with E-state index in [2.05, 4.69) is 4.74 Å². The first-order chi connectivity index (χ1) is 15.3. The molecule has 2 aromatic rings. The molecule has 0 amide bonds. The molecule has 1 aliphatic rings. The molecule has 7 heteroatoms. The molecule has 0 aliphatic heterocycles. The highest BCUT2D eigenvalue weighted by Crippen LogP contribution is 2.38. The molecule has 166 valence electrons. The van der Waals surface area contributed by atoms with E-state index in [0.717, 1.165) is 5.56 Å². The second-order valence-corrected chi connectivity index (χ2v) is 7.46. The third-order valence-corrected chi connectivity index (χ3v) is 5.40. The predicted molar refractivity (Wildman–Crippen MR) is 117 cm³/mol. The number of ketones is 3. The molecule has 3 rings (SSSR count). The number of methoxy groups -OCH3 is 2. The number of ether oxygens (including phenoxy) is 3. The van der Waals surface area contributed by atoms with Crippen LogP contribution < -0.4 is 4.74 Å². The Hall–Kier alpha value is -3.74. The Bertz CT molecular complexity index is 1110. The van der Waals surface area contributed by atoms with Crippen molar-refractivity contribution in [2.24, 2.45) is 5.92 Å². The van der Waals surface area contributed by atoms with E-state index in [4.69, 9.17) is 9.47 Å². The maximum Gasteiger partial charge on any atom is 0.343 e. The van der Waals surface area contributed by atoms with Gasteiger partial charge in [0.15, 0.2) is 18.2 Å². The van der Waals surface area contributed by atoms with E-state index < -0.39 is 11.9 Å². The number of Topliss-reactive ketones (excluding diaryl/α,β-unsaturated/α-hetero) is 3. The van der Waals surface area contributed by atoms with Crippen molar-refractivity contribution >= 4 is 34.7 Å². The SMILES string of the molecule is COC(=O)COc1ccc(/C(OC)=C2/C(=O)C(C(C)=O)Cc3ccc(C(C)=O)cc32)cc1. The minimum absolute atomic E-state index is 0.126. The van der Waals surface area contributed by atoms with E-state index in [1.807, 2.05) is 0 Å². The molecule has 0 saturated heterocycles. The van der Waals surface area contributed by atoms with Crippen LogP contribution in [0.4, 0.5) is 0 Å². The Morgan fingerprint density at radius 2 is 1.59 bits per heavy atom. The maximum atomic E-state index is 13.3. The zero-order valence-electron chi connectivity index (χ0n) is 18.4. The Morgan fingerprint density at radius 1 is 0.938 bits per heavy atom. The lowest BCUT2D eigenvalue weighted by molar-refractivity contribution is -0.143. The lowest BCUT2D eigenvalue weighted by Gasteiger charge is -2.26. The first-order valence-electron chi connectivity index (χ1n) is 10.0. The van der Waals surface area contributed by atoms with Crippen LogP contribution in [0.3, 0.4) is 0 Å². The summed E-state index contributed by atoms with van der Waals surface area (Å²) in [4.78, 5) is 48.7. The maximum absolute atomic E-state index is 13.3. The molecule has 2 aromatic carbocycles. The Balaban J connectivity index is 2.11. The van der Waals surface area contributed by atoms with Gasteiger partial charge in [-0.15, -0.1) is 0 Å². The van der Waals surface area contributed by atoms with Gasteiger partial charge in [0, 0.05) is 11.1 Å². The molecule has 7 nitrogen and oxygen atoms in total. The minimum atomic E-state index is -0.812. The van der Waals surface area contributed by atoms with Crippen molar-refractivity contribution in [1.29, 1.82) is 0 Å². The van der Waals surface area contributed by atoms with Crippen LogP contribution in [0.2, 0.25) is 0 Å². The number of rotatable bonds is 7. The summed E-state index contributed by atoms with van der Waals surface area (Å²) in [6, 6.07) is 11.8. The van der Waals surface area contributed by atoms with Gasteiger partial charge < -0.3 is 14.2 Å². The monoisotopic (exact) mass is 436 g/mol. The molecule has 0 heterocycles. The standard InChI is InChI=1S/C25H24O7/c1-14(26)17-5-6-18-12-20(15(2)27)24(29)23(21(18)11-17)25(31-4)16-7-9-19(10-8-16)32-13-22(28)30-3/h5-11,20H,12-13H2,1-4H3/b25-23-. The summed E-state index contributed by atoms with van der Waals surface area (Å²) in [5.74, 6) is -1.27. The topological polar surface area (TPSA) is 96.0 Å². The van der Waals surface area contributed by atoms with Crippen molar-refractivity contribution in [3.05, 3.63) is 64.7 Å². The Kier molecular flexibility index (Phi) is 6.88. The lowest BCUT2D eigenvalue weighted by Crippen LogP contribution is -2.30. The van der Waals surface area contributed by atoms with Gasteiger partial charge in [-0.1, -0.05) is 12.1 Å². The van der Waals surface area contributed by atoms with Crippen molar-refractivity contribution in [3.8, 4) is 5.75 Å². The molecule has 1 unspecified atom stereocenters. The van der Waals surface area contributed by atoms with Crippen LogP contribution in [0.1, 0.15) is 40.9 Å². The van der Waals surface area contributed by atoms with E-state index in [1.54, 1.807) is 42.5 Å². The van der Waals surface area contributed by atoms with Gasteiger partial charge in [0.1, 0.15) is 17.3 Å². The molecule has 0 aromatic heterocycles. The average molecular weight is 436 g/mol. The molecule has 1 atom stereocenters. The minimum Gasteiger partial charge on any atom is -0.495 e. The van der Waals surface area contributed by atoms with Gasteiger partial charge in [-0.2, -0.15) is 0 Å². The Morgan fingerprint density at radius 3 is 2.16 bits per heavy atom. The van der Waals surface area contributed by atoms with Gasteiger partial charge in [0.05, 0.1) is 25.7 Å². The van der Waals surface area contributed by atoms with Gasteiger partial charge in [0.25, 0.3) is 0 Å². The predicted octanol–water partition coefficient (Wildman–Crippen LogP) is 3.29. The average Bonchev–Trinajstić information content (AvgIpc) is 2.79. The van der Waals surface area contributed by atoms with Crippen molar-refractivity contribution in [3.63, 3.8) is 0 Å². The molecule has 0 N–H and O–H groups in total. The number of benzene rings is 2. The van der Waals surface area contributed by atoms with Crippen molar-refractivity contribution < 1.29 is 33.4 Å². The summed E-state index contributed by atoms with van der Waals surface area (Å²) >= 11 is 0. The van der Waals surface area contributed by atoms with Crippen LogP contribution in [0.5, 0.6) is 5.75 Å². The zero-order valence-corrected chi connectivity index (χ0v) is 18.4. The molecule has 0 spiro atoms. The third-order valence-electron chi connectivity index (χ3n) is 5.40. The smallest absolute Gasteiger partial charge is 0.343 e. The molecular weight excluding hydrogens is 412 g/mol. The first-order valence-corrected chi connectivity index (χ1v) is 10.0. The van der Waals surface area contributed by atoms with Gasteiger partial charge in [0.2, 0.25) is 0 Å². The van der Waals surface area contributed by atoms with Crippen LogP contribution in [-0.2, 0) is 30.3 Å². The summed E-state index contributed by atoms with van der Waals surface area (Å²) in [6.45, 7) is 2.63. The molecular formula is C25H24O7. The van der Waals surface area contributed by atoms with E-state index in [1.165, 1.54) is 28.1 Å². The quantitative estimate of drug-likeness (QED) is 0.216. The van der Waals surface area contributed by atoms with Crippen molar-refractivity contribution in [2.75, 3.05) is 20.8 Å². The van der Waals surface area contributed by atoms with E-state index >= 15 is 0 Å². The van der Waals surface area contributed by atoms with E-state index in [9.17, 15) is 19.2 Å². The van der Waals surface area contributed by atoms with Crippen LogP contribution in [0.25, 0.3) is 11.3 Å². The lowest BCUT2D eigenvalue weighted by atomic mass is 9.76. The van der Waals surface area contributed by atoms with Crippen LogP contribution in [-0.4, -0.2) is 44.1 Å². The zero-order chi connectivity index (χ0) is 23.4. The number of carbonyl (C=O) groups excluding carboxylic acids is 4. The van der Waals surface area contributed by atoms with Crippen molar-refractivity contribution in [1.82, 2.24) is 0 Å². The highest BCUT2D eigenvalue weighted by Gasteiger charge is 2.36. The number of fused-ring (bicyclic) bond motifs is 1. The fourth-order valence-corrected chi connectivity index (χ4v) is 3.66. The number of allylic oxidation sites excluding steroid dienone is 1. The molecule has 0 saturated carbocycles. The summed E-state index contributed by atoms with van der Waals surface area (Å²) in [5.41, 5.74) is 2.71. The first kappa shape index (κ1) is 22.9. The van der Waals surface area contributed by atoms with Crippen LogP contribution in [0, 0.1) is 5.92 Å². The van der Waals surface area contributed by atoms with Gasteiger partial charge in [-0.25, -0.2) is 4.79 Å². The van der Waals surface area contributed by atoms with Gasteiger partial charge in [-0.05, 0) is 61.7 Å². The number of esters is 1. The molecule has 1 aliphatic carbocycles. The van der Waals surface area contributed by atoms with Gasteiger partial charge >= 0.3 is 5.97 Å². The highest BCUT2D eigenvalue weighted by molar-refractivity contribution is 6.33. The van der Waals surface area contributed by atoms with Gasteiger partial charge in [-0.3, -0.25) is 14.4 Å². The highest BCUT2D eigenvalue weighted by atomic mass is 16.6. The summed E-state index contributed by atoms with van der Waals surface area (Å²) in [7, 11) is 2.72. The molecule has 0 radical (unpaired) electrons. The van der Waals surface area contributed by atoms with E-state index in [-0.39, 0.29) is 36.0 Å². The Labute approximate surface area is 186 Å². The van der Waals surface area contributed by atoms with Crippen LogP contribution in [0.15, 0.2) is 42.5 Å². The summed E-state index contributed by atoms with van der Waals surface area (Å²) in [5, 5.41) is 0. The normalized spacial score (nSPS) is 16.6. The number of carbonyl (C=O) groups is 4. The summed E-state index contributed by atoms with van der Waals surface area (Å²) in [6.07, 6.45) is 0.280.